The number of piperidine rings is 1. The van der Waals surface area contributed by atoms with E-state index in [0.29, 0.717) is 11.3 Å². The van der Waals surface area contributed by atoms with Crippen molar-refractivity contribution in [3.8, 4) is 11.4 Å². The lowest BCUT2D eigenvalue weighted by atomic mass is 9.93. The normalized spacial score (nSPS) is 22.1. The molecule has 34 heavy (non-hydrogen) atoms. The van der Waals surface area contributed by atoms with E-state index in [1.54, 1.807) is 19.5 Å². The van der Waals surface area contributed by atoms with Crippen LogP contribution in [-0.4, -0.2) is 40.5 Å². The van der Waals surface area contributed by atoms with E-state index in [1.807, 2.05) is 35.9 Å². The third kappa shape index (κ3) is 3.23. The van der Waals surface area contributed by atoms with E-state index in [-0.39, 0.29) is 12.4 Å². The Bertz CT molecular complexity index is 1330. The molecule has 1 N–H and O–H groups in total. The summed E-state index contributed by atoms with van der Waals surface area (Å²) in [7, 11) is 1.66. The Balaban J connectivity index is 1.34. The van der Waals surface area contributed by atoms with Gasteiger partial charge in [-0.2, -0.15) is 0 Å². The highest BCUT2D eigenvalue weighted by Crippen LogP contribution is 2.45. The van der Waals surface area contributed by atoms with Crippen molar-refractivity contribution in [3.05, 3.63) is 77.1 Å². The monoisotopic (exact) mass is 461 g/mol. The number of anilines is 1. The summed E-state index contributed by atoms with van der Waals surface area (Å²) in [5, 5.41) is 4.45. The zero-order chi connectivity index (χ0) is 23.3. The van der Waals surface area contributed by atoms with Crippen molar-refractivity contribution < 1.29 is 18.8 Å². The highest BCUT2D eigenvalue weighted by molar-refractivity contribution is 6.03. The summed E-state index contributed by atoms with van der Waals surface area (Å²) in [4.78, 5) is 18.0. The summed E-state index contributed by atoms with van der Waals surface area (Å²) in [5.74, 6) is 1.17. The molecule has 8 nitrogen and oxygen atoms in total. The maximum Gasteiger partial charge on any atom is 0.265 e. The highest BCUT2D eigenvalue weighted by atomic mass is 19.1. The van der Waals surface area contributed by atoms with Gasteiger partial charge < -0.3 is 19.0 Å². The van der Waals surface area contributed by atoms with Crippen LogP contribution in [-0.2, 0) is 15.4 Å². The van der Waals surface area contributed by atoms with E-state index < -0.39 is 5.72 Å². The minimum absolute atomic E-state index is 0.191. The van der Waals surface area contributed by atoms with E-state index in [9.17, 15) is 4.39 Å². The fraction of sp³-hybridized carbons (Fsp3) is 0.280. The first-order valence-electron chi connectivity index (χ1n) is 11.2. The van der Waals surface area contributed by atoms with Gasteiger partial charge in [-0.25, -0.2) is 9.37 Å². The molecular formula is C25H24FN5O3. The number of halogens is 1. The molecule has 3 aromatic rings. The fourth-order valence-corrected chi connectivity index (χ4v) is 4.85. The van der Waals surface area contributed by atoms with Crippen LogP contribution in [0.2, 0.25) is 0 Å². The van der Waals surface area contributed by atoms with Gasteiger partial charge in [-0.1, -0.05) is 11.2 Å². The van der Waals surface area contributed by atoms with E-state index in [1.165, 1.54) is 12.1 Å². The molecule has 0 aliphatic carbocycles. The first-order valence-corrected chi connectivity index (χ1v) is 11.2. The molecule has 3 aliphatic rings. The number of ether oxygens (including phenoxy) is 1. The van der Waals surface area contributed by atoms with Crippen molar-refractivity contribution in [1.29, 1.82) is 0 Å². The van der Waals surface area contributed by atoms with Crippen molar-refractivity contribution in [1.82, 2.24) is 14.5 Å². The van der Waals surface area contributed by atoms with Gasteiger partial charge in [0.15, 0.2) is 5.84 Å². The highest BCUT2D eigenvalue weighted by Gasteiger charge is 2.53. The van der Waals surface area contributed by atoms with Gasteiger partial charge in [-0.15, -0.1) is 0 Å². The molecule has 1 spiro atoms. The molecule has 4 heterocycles. The van der Waals surface area contributed by atoms with Crippen molar-refractivity contribution in [2.45, 2.75) is 25.5 Å². The molecule has 1 fully saturated rings. The van der Waals surface area contributed by atoms with Gasteiger partial charge in [0.25, 0.3) is 5.72 Å². The second kappa shape index (κ2) is 7.88. The summed E-state index contributed by atoms with van der Waals surface area (Å²) < 4.78 is 21.7. The largest absolute Gasteiger partial charge is 0.495 e. The molecule has 3 aliphatic heterocycles. The van der Waals surface area contributed by atoms with Crippen molar-refractivity contribution in [2.24, 2.45) is 5.16 Å². The average Bonchev–Trinajstić information content (AvgIpc) is 3.45. The van der Waals surface area contributed by atoms with Crippen LogP contribution in [0, 0.1) is 12.7 Å². The standard InChI is InChI=1S/C25H24FN5O3/c1-16-13-30(15-27-16)22-8-5-17(11-23(22)32-2)10-18-4-3-9-31-24(18)29-34-25(31)14-33-28-21-7-6-19(26)12-20(21)25/h5-8,10-13,15,28H,3-4,9,14H2,1-2H3/b18-10+. The molecule has 1 aromatic heterocycles. The summed E-state index contributed by atoms with van der Waals surface area (Å²) in [5.41, 5.74) is 7.13. The van der Waals surface area contributed by atoms with Crippen LogP contribution in [0.25, 0.3) is 11.8 Å². The summed E-state index contributed by atoms with van der Waals surface area (Å²) >= 11 is 0. The number of oxime groups is 1. The van der Waals surface area contributed by atoms with Crippen molar-refractivity contribution in [2.75, 3.05) is 25.7 Å². The van der Waals surface area contributed by atoms with Gasteiger partial charge in [-0.05, 0) is 67.3 Å². The Morgan fingerprint density at radius 3 is 2.97 bits per heavy atom. The number of nitrogens with zero attached hydrogens (tertiary/aromatic N) is 4. The molecule has 1 unspecified atom stereocenters. The number of aromatic nitrogens is 2. The third-order valence-electron chi connectivity index (χ3n) is 6.48. The Morgan fingerprint density at radius 2 is 2.15 bits per heavy atom. The third-order valence-corrected chi connectivity index (χ3v) is 6.48. The number of rotatable bonds is 3. The number of hydrogen-bond donors (Lipinski definition) is 1. The number of amidine groups is 1. The van der Waals surface area contributed by atoms with Crippen molar-refractivity contribution >= 4 is 17.6 Å². The fourth-order valence-electron chi connectivity index (χ4n) is 4.85. The minimum atomic E-state index is -0.988. The van der Waals surface area contributed by atoms with Crippen LogP contribution in [0.4, 0.5) is 10.1 Å². The zero-order valence-electron chi connectivity index (χ0n) is 18.9. The number of imidazole rings is 1. The second-order valence-electron chi connectivity index (χ2n) is 8.65. The Kier molecular flexibility index (Phi) is 4.80. The quantitative estimate of drug-likeness (QED) is 0.625. The van der Waals surface area contributed by atoms with Gasteiger partial charge in [0.1, 0.15) is 18.2 Å². The number of methoxy groups -OCH3 is 1. The van der Waals surface area contributed by atoms with Crippen LogP contribution < -0.4 is 10.2 Å². The Labute approximate surface area is 196 Å². The van der Waals surface area contributed by atoms with E-state index >= 15 is 0 Å². The lowest BCUT2D eigenvalue weighted by Crippen LogP contribution is -2.53. The SMILES string of the molecule is COc1cc(/C=C2\CCCN3C2=NOC32CONc3ccc(F)cc32)ccc1-n1cnc(C)c1. The number of fused-ring (bicyclic) bond motifs is 4. The van der Waals surface area contributed by atoms with Gasteiger partial charge in [0.05, 0.1) is 30.5 Å². The van der Waals surface area contributed by atoms with Crippen molar-refractivity contribution in [3.63, 3.8) is 0 Å². The molecule has 174 valence electrons. The number of hydrogen-bond acceptors (Lipinski definition) is 7. The van der Waals surface area contributed by atoms with E-state index in [4.69, 9.17) is 14.4 Å². The minimum Gasteiger partial charge on any atom is -0.495 e. The van der Waals surface area contributed by atoms with Crippen LogP contribution in [0.15, 0.2) is 59.7 Å². The molecular weight excluding hydrogens is 437 g/mol. The van der Waals surface area contributed by atoms with Crippen LogP contribution in [0.5, 0.6) is 5.75 Å². The Morgan fingerprint density at radius 1 is 1.24 bits per heavy atom. The summed E-state index contributed by atoms with van der Waals surface area (Å²) in [6.45, 7) is 2.88. The Hall–Kier alpha value is -3.85. The molecule has 0 bridgehead atoms. The van der Waals surface area contributed by atoms with Crippen LogP contribution >= 0.6 is 0 Å². The van der Waals surface area contributed by atoms with E-state index in [0.717, 1.165) is 53.5 Å². The predicted molar refractivity (Wildman–Crippen MR) is 125 cm³/mol. The average molecular weight is 461 g/mol. The number of nitrogens with one attached hydrogen (secondary N) is 1. The number of benzene rings is 2. The first kappa shape index (κ1) is 20.7. The molecule has 6 rings (SSSR count). The maximum atomic E-state index is 14.1. The molecule has 2 aromatic carbocycles. The molecule has 0 amide bonds. The van der Waals surface area contributed by atoms with Gasteiger partial charge in [-0.3, -0.25) is 10.3 Å². The summed E-state index contributed by atoms with van der Waals surface area (Å²) in [6, 6.07) is 10.6. The topological polar surface area (TPSA) is 73.1 Å². The first-order chi connectivity index (χ1) is 16.6. The van der Waals surface area contributed by atoms with Crippen LogP contribution in [0.3, 0.4) is 0 Å². The molecule has 0 radical (unpaired) electrons. The molecule has 9 heteroatoms. The van der Waals surface area contributed by atoms with Gasteiger partial charge in [0, 0.05) is 18.3 Å². The lowest BCUT2D eigenvalue weighted by Gasteiger charge is -2.42. The van der Waals surface area contributed by atoms with E-state index in [2.05, 4.69) is 26.6 Å². The summed E-state index contributed by atoms with van der Waals surface area (Å²) in [6.07, 6.45) is 7.61. The smallest absolute Gasteiger partial charge is 0.265 e. The molecule has 0 saturated carbocycles. The van der Waals surface area contributed by atoms with Gasteiger partial charge in [0.2, 0.25) is 0 Å². The maximum absolute atomic E-state index is 14.1. The lowest BCUT2D eigenvalue weighted by molar-refractivity contribution is -0.151. The van der Waals surface area contributed by atoms with Gasteiger partial charge >= 0.3 is 0 Å². The van der Waals surface area contributed by atoms with Crippen LogP contribution in [0.1, 0.15) is 29.7 Å². The zero-order valence-corrected chi connectivity index (χ0v) is 18.9. The molecule has 1 atom stereocenters. The number of aryl methyl sites for hydroxylation is 1. The second-order valence-corrected chi connectivity index (χ2v) is 8.65. The predicted octanol–water partition coefficient (Wildman–Crippen LogP) is 4.36. The molecule has 1 saturated heterocycles.